The average Bonchev–Trinajstić information content (AvgIpc) is 2.52. The molecule has 92 valence electrons. The van der Waals surface area contributed by atoms with Crippen molar-refractivity contribution in [3.05, 3.63) is 5.69 Å². The fourth-order valence-electron chi connectivity index (χ4n) is 1.82. The Labute approximate surface area is 98.4 Å². The summed E-state index contributed by atoms with van der Waals surface area (Å²) < 4.78 is 1.98. The Morgan fingerprint density at radius 3 is 2.38 bits per heavy atom. The third-order valence-corrected chi connectivity index (χ3v) is 3.36. The molecule has 1 heterocycles. The molecule has 0 aliphatic heterocycles. The average molecular weight is 224 g/mol. The summed E-state index contributed by atoms with van der Waals surface area (Å²) in [7, 11) is 2.09. The summed E-state index contributed by atoms with van der Waals surface area (Å²) in [5.41, 5.74) is 7.81. The number of hydrogen-bond donors (Lipinski definition) is 1. The van der Waals surface area contributed by atoms with Crippen LogP contribution in [0.2, 0.25) is 0 Å². The van der Waals surface area contributed by atoms with Gasteiger partial charge in [0.1, 0.15) is 0 Å². The van der Waals surface area contributed by atoms with E-state index in [1.54, 1.807) is 0 Å². The maximum Gasteiger partial charge on any atom is 0.150 e. The molecule has 4 nitrogen and oxygen atoms in total. The van der Waals surface area contributed by atoms with Crippen molar-refractivity contribution in [2.75, 3.05) is 17.7 Å². The van der Waals surface area contributed by atoms with Crippen LogP contribution in [-0.4, -0.2) is 22.9 Å². The first-order valence-electron chi connectivity index (χ1n) is 5.95. The third-order valence-electron chi connectivity index (χ3n) is 3.36. The first-order chi connectivity index (χ1) is 7.40. The van der Waals surface area contributed by atoms with Gasteiger partial charge in [-0.1, -0.05) is 13.8 Å². The van der Waals surface area contributed by atoms with Gasteiger partial charge in [0.15, 0.2) is 5.82 Å². The second kappa shape index (κ2) is 4.76. The molecule has 0 aliphatic carbocycles. The van der Waals surface area contributed by atoms with Crippen LogP contribution in [0, 0.1) is 12.8 Å². The molecule has 1 atom stereocenters. The van der Waals surface area contributed by atoms with Crippen molar-refractivity contribution in [3.63, 3.8) is 0 Å². The number of aromatic nitrogens is 2. The van der Waals surface area contributed by atoms with Gasteiger partial charge in [0.05, 0.1) is 11.4 Å². The second-order valence-electron chi connectivity index (χ2n) is 4.73. The van der Waals surface area contributed by atoms with Crippen LogP contribution in [0.25, 0.3) is 0 Å². The number of rotatable bonds is 4. The predicted molar refractivity (Wildman–Crippen MR) is 69.8 cm³/mol. The second-order valence-corrected chi connectivity index (χ2v) is 4.73. The standard InChI is InChI=1S/C12H24N4/c1-7-16-12(11(13)9(4)14-16)15(6)10(5)8(2)3/h8,10H,7,13H2,1-6H3. The van der Waals surface area contributed by atoms with Crippen LogP contribution in [-0.2, 0) is 6.54 Å². The lowest BCUT2D eigenvalue weighted by molar-refractivity contribution is 0.492. The SMILES string of the molecule is CCn1nc(C)c(N)c1N(C)C(C)C(C)C. The van der Waals surface area contributed by atoms with Crippen molar-refractivity contribution in [3.8, 4) is 0 Å². The first-order valence-corrected chi connectivity index (χ1v) is 5.95. The maximum atomic E-state index is 6.09. The lowest BCUT2D eigenvalue weighted by Crippen LogP contribution is -2.35. The Hall–Kier alpha value is -1.19. The zero-order valence-electron chi connectivity index (χ0n) is 11.3. The molecule has 16 heavy (non-hydrogen) atoms. The van der Waals surface area contributed by atoms with Crippen molar-refractivity contribution in [2.24, 2.45) is 5.92 Å². The van der Waals surface area contributed by atoms with E-state index in [-0.39, 0.29) is 0 Å². The van der Waals surface area contributed by atoms with Crippen LogP contribution in [0.1, 0.15) is 33.4 Å². The van der Waals surface area contributed by atoms with Crippen LogP contribution in [0.5, 0.6) is 0 Å². The number of nitrogen functional groups attached to an aromatic ring is 1. The van der Waals surface area contributed by atoms with E-state index in [1.165, 1.54) is 0 Å². The molecule has 1 aromatic rings. The minimum absolute atomic E-state index is 0.448. The first kappa shape index (κ1) is 12.9. The predicted octanol–water partition coefficient (Wildman–Crippen LogP) is 2.27. The van der Waals surface area contributed by atoms with Gasteiger partial charge in [-0.3, -0.25) is 0 Å². The van der Waals surface area contributed by atoms with Gasteiger partial charge in [0, 0.05) is 19.6 Å². The minimum Gasteiger partial charge on any atom is -0.394 e. The maximum absolute atomic E-state index is 6.09. The molecule has 0 bridgehead atoms. The molecule has 2 N–H and O–H groups in total. The molecule has 0 aliphatic rings. The molecular weight excluding hydrogens is 200 g/mol. The highest BCUT2D eigenvalue weighted by Gasteiger charge is 2.21. The van der Waals surface area contributed by atoms with E-state index in [2.05, 4.69) is 44.7 Å². The van der Waals surface area contributed by atoms with Gasteiger partial charge in [-0.05, 0) is 26.7 Å². The van der Waals surface area contributed by atoms with Crippen molar-refractivity contribution >= 4 is 11.5 Å². The molecule has 1 unspecified atom stereocenters. The zero-order valence-corrected chi connectivity index (χ0v) is 11.3. The number of aryl methyl sites for hydroxylation is 2. The molecular formula is C12H24N4. The molecule has 0 fully saturated rings. The number of hydrogen-bond acceptors (Lipinski definition) is 3. The number of nitrogens with zero attached hydrogens (tertiary/aromatic N) is 3. The molecule has 0 amide bonds. The number of anilines is 2. The Bertz CT molecular complexity index is 354. The summed E-state index contributed by atoms with van der Waals surface area (Å²) in [6.45, 7) is 11.5. The highest BCUT2D eigenvalue weighted by Crippen LogP contribution is 2.28. The highest BCUT2D eigenvalue weighted by molar-refractivity contribution is 5.66. The lowest BCUT2D eigenvalue weighted by atomic mass is 10.1. The zero-order chi connectivity index (χ0) is 12.5. The fraction of sp³-hybridized carbons (Fsp3) is 0.750. The monoisotopic (exact) mass is 224 g/mol. The molecule has 1 aromatic heterocycles. The van der Waals surface area contributed by atoms with E-state index in [0.29, 0.717) is 12.0 Å². The van der Waals surface area contributed by atoms with Crippen LogP contribution in [0.15, 0.2) is 0 Å². The number of nitrogens with two attached hydrogens (primary N) is 1. The molecule has 0 spiro atoms. The van der Waals surface area contributed by atoms with Crippen molar-refractivity contribution in [1.29, 1.82) is 0 Å². The van der Waals surface area contributed by atoms with Gasteiger partial charge in [0.25, 0.3) is 0 Å². The summed E-state index contributed by atoms with van der Waals surface area (Å²) in [6, 6.07) is 0.448. The van der Waals surface area contributed by atoms with Crippen LogP contribution < -0.4 is 10.6 Å². The summed E-state index contributed by atoms with van der Waals surface area (Å²) in [5, 5.41) is 4.44. The topological polar surface area (TPSA) is 47.1 Å². The van der Waals surface area contributed by atoms with Gasteiger partial charge >= 0.3 is 0 Å². The van der Waals surface area contributed by atoms with E-state index in [0.717, 1.165) is 23.7 Å². The van der Waals surface area contributed by atoms with E-state index in [1.807, 2.05) is 11.6 Å². The smallest absolute Gasteiger partial charge is 0.150 e. The van der Waals surface area contributed by atoms with Gasteiger partial charge in [-0.25, -0.2) is 4.68 Å². The Morgan fingerprint density at radius 1 is 1.38 bits per heavy atom. The largest absolute Gasteiger partial charge is 0.394 e. The van der Waals surface area contributed by atoms with Gasteiger partial charge in [-0.15, -0.1) is 0 Å². The van der Waals surface area contributed by atoms with E-state index < -0.39 is 0 Å². The van der Waals surface area contributed by atoms with Gasteiger partial charge in [-0.2, -0.15) is 5.10 Å². The summed E-state index contributed by atoms with van der Waals surface area (Å²) >= 11 is 0. The van der Waals surface area contributed by atoms with Crippen LogP contribution in [0.3, 0.4) is 0 Å². The van der Waals surface area contributed by atoms with Crippen LogP contribution in [0.4, 0.5) is 11.5 Å². The Balaban J connectivity index is 3.11. The van der Waals surface area contributed by atoms with Crippen molar-refractivity contribution in [1.82, 2.24) is 9.78 Å². The Kier molecular flexibility index (Phi) is 3.83. The van der Waals surface area contributed by atoms with E-state index >= 15 is 0 Å². The van der Waals surface area contributed by atoms with E-state index in [9.17, 15) is 0 Å². The summed E-state index contributed by atoms with van der Waals surface area (Å²) in [5.74, 6) is 1.63. The minimum atomic E-state index is 0.448. The molecule has 0 radical (unpaired) electrons. The molecule has 0 saturated heterocycles. The van der Waals surface area contributed by atoms with Crippen LogP contribution >= 0.6 is 0 Å². The highest BCUT2D eigenvalue weighted by atomic mass is 15.4. The van der Waals surface area contributed by atoms with E-state index in [4.69, 9.17) is 5.73 Å². The quantitative estimate of drug-likeness (QED) is 0.853. The third kappa shape index (κ3) is 2.15. The molecule has 1 rings (SSSR count). The summed E-state index contributed by atoms with van der Waals surface area (Å²) in [4.78, 5) is 2.23. The van der Waals surface area contributed by atoms with Gasteiger partial charge in [0.2, 0.25) is 0 Å². The van der Waals surface area contributed by atoms with Gasteiger partial charge < -0.3 is 10.6 Å². The van der Waals surface area contributed by atoms with Crippen molar-refractivity contribution < 1.29 is 0 Å². The molecule has 4 heteroatoms. The molecule has 0 aromatic carbocycles. The normalized spacial score (nSPS) is 13.2. The molecule has 0 saturated carbocycles. The lowest BCUT2D eigenvalue weighted by Gasteiger charge is -2.30. The Morgan fingerprint density at radius 2 is 1.94 bits per heavy atom. The summed E-state index contributed by atoms with van der Waals surface area (Å²) in [6.07, 6.45) is 0. The van der Waals surface area contributed by atoms with Crippen molar-refractivity contribution in [2.45, 2.75) is 47.2 Å². The fourth-order valence-corrected chi connectivity index (χ4v) is 1.82.